The summed E-state index contributed by atoms with van der Waals surface area (Å²) < 4.78 is 5.06. The van der Waals surface area contributed by atoms with Gasteiger partial charge in [0.15, 0.2) is 0 Å². The van der Waals surface area contributed by atoms with Crippen LogP contribution in [0, 0.1) is 13.8 Å². The predicted molar refractivity (Wildman–Crippen MR) is 89.0 cm³/mol. The largest absolute Gasteiger partial charge is 0.447 e. The lowest BCUT2D eigenvalue weighted by Crippen LogP contribution is -2.53. The quantitative estimate of drug-likeness (QED) is 0.806. The second-order valence-corrected chi connectivity index (χ2v) is 6.49. The van der Waals surface area contributed by atoms with Crippen molar-refractivity contribution in [2.24, 2.45) is 0 Å². The molecule has 2 aliphatic heterocycles. The molecule has 0 saturated carbocycles. The summed E-state index contributed by atoms with van der Waals surface area (Å²) in [5.41, 5.74) is 3.58. The predicted octanol–water partition coefficient (Wildman–Crippen LogP) is 2.13. The van der Waals surface area contributed by atoms with Gasteiger partial charge in [-0.1, -0.05) is 6.07 Å². The molecule has 2 fully saturated rings. The van der Waals surface area contributed by atoms with Gasteiger partial charge in [-0.3, -0.25) is 14.7 Å². The van der Waals surface area contributed by atoms with Crippen LogP contribution in [0.2, 0.25) is 0 Å². The van der Waals surface area contributed by atoms with Crippen LogP contribution in [0.3, 0.4) is 0 Å². The number of carbonyl (C=O) groups excluding carboxylic acids is 2. The molecule has 0 N–H and O–H groups in total. The Bertz CT molecular complexity index is 849. The van der Waals surface area contributed by atoms with Gasteiger partial charge in [-0.2, -0.15) is 0 Å². The number of aryl methyl sites for hydroxylation is 2. The average Bonchev–Trinajstić information content (AvgIpc) is 2.94. The molecule has 4 rings (SSSR count). The number of piperazine rings is 1. The Balaban J connectivity index is 1.60. The lowest BCUT2D eigenvalue weighted by atomic mass is 10.0. The van der Waals surface area contributed by atoms with E-state index in [2.05, 4.69) is 11.9 Å². The van der Waals surface area contributed by atoms with Gasteiger partial charge in [-0.15, -0.1) is 0 Å². The van der Waals surface area contributed by atoms with Crippen molar-refractivity contribution in [1.29, 1.82) is 0 Å². The molecule has 3 heterocycles. The molecule has 0 unspecified atom stereocenters. The van der Waals surface area contributed by atoms with Gasteiger partial charge in [0.05, 0.1) is 11.6 Å². The Morgan fingerprint density at radius 2 is 2.08 bits per heavy atom. The molecule has 0 bridgehead atoms. The van der Waals surface area contributed by atoms with E-state index >= 15 is 0 Å². The third kappa shape index (κ3) is 2.38. The maximum atomic E-state index is 12.8. The molecule has 0 spiro atoms. The van der Waals surface area contributed by atoms with E-state index in [1.54, 1.807) is 9.80 Å². The summed E-state index contributed by atoms with van der Waals surface area (Å²) in [5.74, 6) is -0.0168. The first-order valence-electron chi connectivity index (χ1n) is 8.13. The molecule has 2 aromatic rings. The van der Waals surface area contributed by atoms with Crippen LogP contribution in [0.15, 0.2) is 24.3 Å². The van der Waals surface area contributed by atoms with Gasteiger partial charge < -0.3 is 9.64 Å². The summed E-state index contributed by atoms with van der Waals surface area (Å²) in [6.45, 7) is 5.94. The zero-order valence-electron chi connectivity index (χ0n) is 13.8. The highest BCUT2D eigenvalue weighted by Crippen LogP contribution is 2.22. The van der Waals surface area contributed by atoms with Gasteiger partial charge in [0.25, 0.3) is 5.91 Å². The number of nitrogens with zero attached hydrogens (tertiary/aromatic N) is 3. The van der Waals surface area contributed by atoms with Gasteiger partial charge in [-0.25, -0.2) is 4.79 Å². The van der Waals surface area contributed by atoms with Crippen LogP contribution in [0.5, 0.6) is 0 Å². The van der Waals surface area contributed by atoms with E-state index in [9.17, 15) is 9.59 Å². The summed E-state index contributed by atoms with van der Waals surface area (Å²) >= 11 is 0. The molecule has 1 aromatic carbocycles. The first-order valence-corrected chi connectivity index (χ1v) is 8.13. The molecular formula is C18H19N3O3. The van der Waals surface area contributed by atoms with Crippen molar-refractivity contribution in [1.82, 2.24) is 14.8 Å². The first-order chi connectivity index (χ1) is 11.5. The Labute approximate surface area is 140 Å². The molecule has 24 heavy (non-hydrogen) atoms. The lowest BCUT2D eigenvalue weighted by Gasteiger charge is -2.35. The molecule has 0 radical (unpaired) electrons. The number of cyclic esters (lactones) is 1. The van der Waals surface area contributed by atoms with Crippen molar-refractivity contribution >= 4 is 22.9 Å². The number of ether oxygens (including phenoxy) is 1. The number of pyridine rings is 1. The van der Waals surface area contributed by atoms with Crippen molar-refractivity contribution in [3.63, 3.8) is 0 Å². The molecule has 1 aromatic heterocycles. The fourth-order valence-electron chi connectivity index (χ4n) is 3.56. The SMILES string of the molecule is Cc1cc(C)c2ccc(C(=O)N3CCN4C(=O)OC[C@H]4C3)cc2n1. The van der Waals surface area contributed by atoms with E-state index < -0.39 is 0 Å². The minimum atomic E-state index is -0.270. The van der Waals surface area contributed by atoms with Crippen LogP contribution in [0.25, 0.3) is 10.9 Å². The number of fused-ring (bicyclic) bond motifs is 2. The molecule has 2 amide bonds. The molecule has 6 heteroatoms. The fourth-order valence-corrected chi connectivity index (χ4v) is 3.56. The van der Waals surface area contributed by atoms with E-state index in [1.807, 2.05) is 31.2 Å². The van der Waals surface area contributed by atoms with Crippen molar-refractivity contribution < 1.29 is 14.3 Å². The molecule has 0 aliphatic carbocycles. The number of benzene rings is 1. The zero-order valence-corrected chi connectivity index (χ0v) is 13.8. The van der Waals surface area contributed by atoms with Crippen molar-refractivity contribution in [3.8, 4) is 0 Å². The van der Waals surface area contributed by atoms with Crippen LogP contribution in [0.1, 0.15) is 21.6 Å². The number of hydrogen-bond acceptors (Lipinski definition) is 4. The molecule has 2 saturated heterocycles. The molecule has 1 atom stereocenters. The summed E-state index contributed by atoms with van der Waals surface area (Å²) in [7, 11) is 0. The Morgan fingerprint density at radius 1 is 1.25 bits per heavy atom. The molecule has 2 aliphatic rings. The topological polar surface area (TPSA) is 62.7 Å². The molecule has 6 nitrogen and oxygen atoms in total. The monoisotopic (exact) mass is 325 g/mol. The van der Waals surface area contributed by atoms with Crippen molar-refractivity contribution in [2.45, 2.75) is 19.9 Å². The van der Waals surface area contributed by atoms with Crippen LogP contribution in [-0.2, 0) is 4.74 Å². The number of aromatic nitrogens is 1. The van der Waals surface area contributed by atoms with Crippen LogP contribution < -0.4 is 0 Å². The van der Waals surface area contributed by atoms with Gasteiger partial charge >= 0.3 is 6.09 Å². The van der Waals surface area contributed by atoms with E-state index in [4.69, 9.17) is 4.74 Å². The summed E-state index contributed by atoms with van der Waals surface area (Å²) in [6, 6.07) is 7.69. The first kappa shape index (κ1) is 14.9. The third-order valence-corrected chi connectivity index (χ3v) is 4.80. The van der Waals surface area contributed by atoms with Gasteiger partial charge in [0.1, 0.15) is 6.61 Å². The maximum absolute atomic E-state index is 12.8. The van der Waals surface area contributed by atoms with Crippen LogP contribution in [0.4, 0.5) is 4.79 Å². The van der Waals surface area contributed by atoms with E-state index in [0.717, 1.165) is 22.2 Å². The lowest BCUT2D eigenvalue weighted by molar-refractivity contribution is 0.0617. The molecular weight excluding hydrogens is 306 g/mol. The minimum absolute atomic E-state index is 0.0168. The van der Waals surface area contributed by atoms with Gasteiger partial charge in [-0.05, 0) is 37.6 Å². The van der Waals surface area contributed by atoms with E-state index in [1.165, 1.54) is 0 Å². The maximum Gasteiger partial charge on any atom is 0.410 e. The fraction of sp³-hybridized carbons (Fsp3) is 0.389. The standard InChI is InChI=1S/C18H19N3O3/c1-11-7-12(2)19-16-8-13(3-4-15(11)16)17(22)20-5-6-21-14(9-20)10-24-18(21)23/h3-4,7-8,14H,5-6,9-10H2,1-2H3/t14-/m1/s1. The van der Waals surface area contributed by atoms with E-state index in [-0.39, 0.29) is 18.0 Å². The highest BCUT2D eigenvalue weighted by molar-refractivity contribution is 5.98. The summed E-state index contributed by atoms with van der Waals surface area (Å²) in [5, 5.41) is 1.07. The van der Waals surface area contributed by atoms with Crippen LogP contribution in [-0.4, -0.2) is 59.1 Å². The smallest absolute Gasteiger partial charge is 0.410 e. The minimum Gasteiger partial charge on any atom is -0.447 e. The normalized spacial score (nSPS) is 20.2. The average molecular weight is 325 g/mol. The second-order valence-electron chi connectivity index (χ2n) is 6.49. The zero-order chi connectivity index (χ0) is 16.8. The number of carbonyl (C=O) groups is 2. The highest BCUT2D eigenvalue weighted by Gasteiger charge is 2.38. The third-order valence-electron chi connectivity index (χ3n) is 4.80. The van der Waals surface area contributed by atoms with Crippen molar-refractivity contribution in [3.05, 3.63) is 41.1 Å². The number of hydrogen-bond donors (Lipinski definition) is 0. The Hall–Kier alpha value is -2.63. The van der Waals surface area contributed by atoms with Crippen LogP contribution >= 0.6 is 0 Å². The van der Waals surface area contributed by atoms with Gasteiger partial charge in [0.2, 0.25) is 0 Å². The van der Waals surface area contributed by atoms with Gasteiger partial charge in [0, 0.05) is 36.3 Å². The summed E-state index contributed by atoms with van der Waals surface area (Å²) in [4.78, 5) is 32.4. The number of amides is 2. The summed E-state index contributed by atoms with van der Waals surface area (Å²) in [6.07, 6.45) is -0.270. The Morgan fingerprint density at radius 3 is 2.92 bits per heavy atom. The van der Waals surface area contributed by atoms with E-state index in [0.29, 0.717) is 31.8 Å². The molecule has 124 valence electrons. The Kier molecular flexibility index (Phi) is 3.40. The van der Waals surface area contributed by atoms with Crippen molar-refractivity contribution in [2.75, 3.05) is 26.2 Å². The number of rotatable bonds is 1. The second kappa shape index (κ2) is 5.47. The highest BCUT2D eigenvalue weighted by atomic mass is 16.6.